The third-order valence-electron chi connectivity index (χ3n) is 2.61. The third kappa shape index (κ3) is 3.30. The van der Waals surface area contributed by atoms with Gasteiger partial charge in [0.15, 0.2) is 5.82 Å². The molecule has 0 N–H and O–H groups in total. The maximum Gasteiger partial charge on any atom is 0.229 e. The smallest absolute Gasteiger partial charge is 0.229 e. The zero-order chi connectivity index (χ0) is 11.3. The molecule has 1 aromatic rings. The quantitative estimate of drug-likeness (QED) is 0.714. The van der Waals surface area contributed by atoms with Gasteiger partial charge in [-0.3, -0.25) is 0 Å². The van der Waals surface area contributed by atoms with Crippen molar-refractivity contribution < 1.29 is 4.52 Å². The summed E-state index contributed by atoms with van der Waals surface area (Å²) in [6.07, 6.45) is 2.27. The molecule has 0 bridgehead atoms. The number of nitrogens with zero attached hydrogens (tertiary/aromatic N) is 3. The Kier molecular flexibility index (Phi) is 4.75. The molecule has 4 heteroatoms. The number of aromatic nitrogens is 2. The molecule has 0 atom stereocenters. The van der Waals surface area contributed by atoms with Crippen molar-refractivity contribution in [3.05, 3.63) is 11.7 Å². The van der Waals surface area contributed by atoms with Crippen LogP contribution in [0.2, 0.25) is 0 Å². The highest BCUT2D eigenvalue weighted by Crippen LogP contribution is 2.25. The van der Waals surface area contributed by atoms with Crippen LogP contribution in [0.4, 0.5) is 0 Å². The topological polar surface area (TPSA) is 42.2 Å². The van der Waals surface area contributed by atoms with Gasteiger partial charge in [-0.1, -0.05) is 19.0 Å². The molecule has 86 valence electrons. The number of rotatable bonds is 1. The van der Waals surface area contributed by atoms with E-state index in [0.29, 0.717) is 5.92 Å². The molecule has 4 nitrogen and oxygen atoms in total. The predicted octanol–water partition coefficient (Wildman–Crippen LogP) is 2.21. The fourth-order valence-corrected chi connectivity index (χ4v) is 1.73. The van der Waals surface area contributed by atoms with Crippen LogP contribution in [-0.4, -0.2) is 35.2 Å². The Balaban J connectivity index is 0.000000531. The lowest BCUT2D eigenvalue weighted by molar-refractivity contribution is 0.227. The summed E-state index contributed by atoms with van der Waals surface area (Å²) in [6.45, 7) is 8.13. The Morgan fingerprint density at radius 1 is 1.27 bits per heavy atom. The van der Waals surface area contributed by atoms with Crippen LogP contribution in [0.25, 0.3) is 0 Å². The van der Waals surface area contributed by atoms with Crippen LogP contribution in [0.1, 0.15) is 44.3 Å². The van der Waals surface area contributed by atoms with Gasteiger partial charge >= 0.3 is 0 Å². The average molecular weight is 211 g/mol. The molecule has 1 fully saturated rings. The largest absolute Gasteiger partial charge is 0.339 e. The number of likely N-dealkylation sites (tertiary alicyclic amines) is 1. The fourth-order valence-electron chi connectivity index (χ4n) is 1.73. The maximum absolute atomic E-state index is 5.16. The van der Waals surface area contributed by atoms with E-state index >= 15 is 0 Å². The van der Waals surface area contributed by atoms with E-state index in [0.717, 1.165) is 37.6 Å². The molecular formula is C11H21N3O. The summed E-state index contributed by atoms with van der Waals surface area (Å²) in [7, 11) is 2.15. The summed E-state index contributed by atoms with van der Waals surface area (Å²) in [4.78, 5) is 6.60. The molecule has 1 aliphatic heterocycles. The monoisotopic (exact) mass is 211 g/mol. The Morgan fingerprint density at radius 2 is 1.87 bits per heavy atom. The van der Waals surface area contributed by atoms with Gasteiger partial charge in [-0.15, -0.1) is 0 Å². The van der Waals surface area contributed by atoms with Crippen LogP contribution >= 0.6 is 0 Å². The lowest BCUT2D eigenvalue weighted by Gasteiger charge is -2.26. The summed E-state index contributed by atoms with van der Waals surface area (Å²) >= 11 is 0. The first-order valence-corrected chi connectivity index (χ1v) is 5.74. The van der Waals surface area contributed by atoms with E-state index < -0.39 is 0 Å². The Hall–Kier alpha value is -0.900. The number of hydrogen-bond acceptors (Lipinski definition) is 4. The van der Waals surface area contributed by atoms with Gasteiger partial charge in [0, 0.05) is 5.92 Å². The highest BCUT2D eigenvalue weighted by molar-refractivity contribution is 4.95. The molecule has 1 saturated heterocycles. The zero-order valence-electron chi connectivity index (χ0n) is 10.2. The molecule has 0 aromatic carbocycles. The van der Waals surface area contributed by atoms with Crippen molar-refractivity contribution in [3.63, 3.8) is 0 Å². The van der Waals surface area contributed by atoms with Gasteiger partial charge in [-0.2, -0.15) is 4.98 Å². The number of aryl methyl sites for hydroxylation is 1. The van der Waals surface area contributed by atoms with Gasteiger partial charge in [0.05, 0.1) is 0 Å². The summed E-state index contributed by atoms with van der Waals surface area (Å²) in [5, 5.41) is 3.81. The lowest BCUT2D eigenvalue weighted by Crippen LogP contribution is -2.29. The molecule has 0 unspecified atom stereocenters. The van der Waals surface area contributed by atoms with E-state index in [1.54, 1.807) is 0 Å². The second kappa shape index (κ2) is 5.85. The van der Waals surface area contributed by atoms with Crippen LogP contribution in [0, 0.1) is 6.92 Å². The molecular weight excluding hydrogens is 190 g/mol. The number of piperidine rings is 1. The van der Waals surface area contributed by atoms with Crippen LogP contribution in [0.3, 0.4) is 0 Å². The molecule has 1 aromatic heterocycles. The number of hydrogen-bond donors (Lipinski definition) is 0. The molecule has 2 heterocycles. The van der Waals surface area contributed by atoms with Crippen LogP contribution < -0.4 is 0 Å². The first-order valence-electron chi connectivity index (χ1n) is 5.74. The van der Waals surface area contributed by atoms with Gasteiger partial charge in [-0.05, 0) is 39.9 Å². The minimum atomic E-state index is 0.484. The van der Waals surface area contributed by atoms with Crippen molar-refractivity contribution in [3.8, 4) is 0 Å². The normalized spacial score (nSPS) is 18.4. The molecule has 0 saturated carbocycles. The molecule has 1 aliphatic rings. The van der Waals surface area contributed by atoms with Crippen LogP contribution in [0.5, 0.6) is 0 Å². The maximum atomic E-state index is 5.16. The van der Waals surface area contributed by atoms with Gasteiger partial charge in [0.25, 0.3) is 0 Å². The van der Waals surface area contributed by atoms with Gasteiger partial charge in [0.2, 0.25) is 5.89 Å². The van der Waals surface area contributed by atoms with Crippen LogP contribution in [0.15, 0.2) is 4.52 Å². The first kappa shape index (κ1) is 12.2. The SMILES string of the molecule is CC.Cc1noc(C2CCN(C)CC2)n1. The third-order valence-corrected chi connectivity index (χ3v) is 2.61. The second-order valence-electron chi connectivity index (χ2n) is 3.76. The molecule has 0 spiro atoms. The highest BCUT2D eigenvalue weighted by Gasteiger charge is 2.22. The summed E-state index contributed by atoms with van der Waals surface area (Å²) in [5.41, 5.74) is 0. The molecule has 15 heavy (non-hydrogen) atoms. The zero-order valence-corrected chi connectivity index (χ0v) is 10.2. The van der Waals surface area contributed by atoms with Crippen molar-refractivity contribution in [2.75, 3.05) is 20.1 Å². The van der Waals surface area contributed by atoms with E-state index in [2.05, 4.69) is 22.1 Å². The Bertz CT molecular complexity index is 277. The fraction of sp³-hybridized carbons (Fsp3) is 0.818. The summed E-state index contributed by atoms with van der Waals surface area (Å²) in [6, 6.07) is 0. The molecule has 2 rings (SSSR count). The van der Waals surface area contributed by atoms with Gasteiger partial charge in [-0.25, -0.2) is 0 Å². The summed E-state index contributed by atoms with van der Waals surface area (Å²) < 4.78 is 5.16. The van der Waals surface area contributed by atoms with E-state index in [1.165, 1.54) is 0 Å². The Labute approximate surface area is 91.7 Å². The van der Waals surface area contributed by atoms with Crippen molar-refractivity contribution in [1.82, 2.24) is 15.0 Å². The highest BCUT2D eigenvalue weighted by atomic mass is 16.5. The predicted molar refractivity (Wildman–Crippen MR) is 59.9 cm³/mol. The van der Waals surface area contributed by atoms with Gasteiger partial charge in [0.1, 0.15) is 0 Å². The average Bonchev–Trinajstić information content (AvgIpc) is 2.69. The van der Waals surface area contributed by atoms with Crippen molar-refractivity contribution in [2.45, 2.75) is 39.5 Å². The van der Waals surface area contributed by atoms with E-state index in [4.69, 9.17) is 4.52 Å². The summed E-state index contributed by atoms with van der Waals surface area (Å²) in [5.74, 6) is 2.05. The lowest BCUT2D eigenvalue weighted by atomic mass is 9.97. The molecule has 0 amide bonds. The minimum Gasteiger partial charge on any atom is -0.339 e. The van der Waals surface area contributed by atoms with Crippen molar-refractivity contribution in [2.24, 2.45) is 0 Å². The van der Waals surface area contributed by atoms with Crippen molar-refractivity contribution in [1.29, 1.82) is 0 Å². The van der Waals surface area contributed by atoms with E-state index in [9.17, 15) is 0 Å². The van der Waals surface area contributed by atoms with Crippen LogP contribution in [-0.2, 0) is 0 Å². The minimum absolute atomic E-state index is 0.484. The molecule has 0 radical (unpaired) electrons. The van der Waals surface area contributed by atoms with E-state index in [-0.39, 0.29) is 0 Å². The first-order chi connectivity index (χ1) is 7.25. The van der Waals surface area contributed by atoms with Gasteiger partial charge < -0.3 is 9.42 Å². The van der Waals surface area contributed by atoms with Crippen molar-refractivity contribution >= 4 is 0 Å². The Morgan fingerprint density at radius 3 is 2.33 bits per heavy atom. The second-order valence-corrected chi connectivity index (χ2v) is 3.76. The van der Waals surface area contributed by atoms with E-state index in [1.807, 2.05) is 20.8 Å². The molecule has 0 aliphatic carbocycles. The standard InChI is InChI=1S/C9H15N3O.C2H6/c1-7-10-9(13-11-7)8-3-5-12(2)6-4-8;1-2/h8H,3-6H2,1-2H3;1-2H3.